The molecule has 0 radical (unpaired) electrons. The summed E-state index contributed by atoms with van der Waals surface area (Å²) in [6.45, 7) is 1.98. The molecule has 0 aromatic heterocycles. The van der Waals surface area contributed by atoms with Gasteiger partial charge in [-0.25, -0.2) is 0 Å². The third-order valence-corrected chi connectivity index (χ3v) is 2.01. The molecule has 0 aliphatic heterocycles. The zero-order valence-corrected chi connectivity index (χ0v) is 7.26. The third kappa shape index (κ3) is 1.46. The summed E-state index contributed by atoms with van der Waals surface area (Å²) < 4.78 is 10.5. The molecule has 0 saturated heterocycles. The smallest absolute Gasteiger partial charge is 0.139 e. The van der Waals surface area contributed by atoms with Crippen molar-refractivity contribution in [1.29, 1.82) is 0 Å². The van der Waals surface area contributed by atoms with Crippen molar-refractivity contribution < 1.29 is 9.47 Å². The van der Waals surface area contributed by atoms with Crippen molar-refractivity contribution in [3.05, 3.63) is 24.0 Å². The lowest BCUT2D eigenvalue weighted by molar-refractivity contribution is 0.0304. The summed E-state index contributed by atoms with van der Waals surface area (Å²) >= 11 is 0. The molecule has 62 valence electrons. The van der Waals surface area contributed by atoms with Gasteiger partial charge < -0.3 is 9.47 Å². The first-order valence-electron chi connectivity index (χ1n) is 3.70. The lowest BCUT2D eigenvalue weighted by atomic mass is 9.98. The number of hydrogen-bond donors (Lipinski definition) is 0. The number of ether oxygens (including phenoxy) is 2. The fourth-order valence-corrected chi connectivity index (χ4v) is 1.21. The predicted molar refractivity (Wildman–Crippen MR) is 44.3 cm³/mol. The average Bonchev–Trinajstić information content (AvgIpc) is 2.05. The van der Waals surface area contributed by atoms with Gasteiger partial charge in [-0.1, -0.05) is 6.08 Å². The molecule has 0 N–H and O–H groups in total. The Morgan fingerprint density at radius 2 is 2.18 bits per heavy atom. The van der Waals surface area contributed by atoms with E-state index in [-0.39, 0.29) is 5.60 Å². The Kier molecular flexibility index (Phi) is 2.35. The van der Waals surface area contributed by atoms with Gasteiger partial charge in [-0.05, 0) is 25.5 Å². The summed E-state index contributed by atoms with van der Waals surface area (Å²) in [5, 5.41) is 0. The van der Waals surface area contributed by atoms with E-state index in [1.54, 1.807) is 14.2 Å². The van der Waals surface area contributed by atoms with Crippen LogP contribution in [0.3, 0.4) is 0 Å². The standard InChI is InChI=1S/C9H14O2/c1-9(11-3)7-5-4-6-8(9)10-2/h5-7H,4H2,1-3H3. The molecular weight excluding hydrogens is 140 g/mol. The molecular formula is C9H14O2. The molecule has 1 aliphatic rings. The first kappa shape index (κ1) is 8.34. The summed E-state index contributed by atoms with van der Waals surface area (Å²) in [4.78, 5) is 0. The van der Waals surface area contributed by atoms with Gasteiger partial charge in [-0.15, -0.1) is 0 Å². The Bertz CT molecular complexity index is 194. The van der Waals surface area contributed by atoms with E-state index in [0.717, 1.165) is 12.2 Å². The van der Waals surface area contributed by atoms with Gasteiger partial charge in [0.15, 0.2) is 0 Å². The van der Waals surface area contributed by atoms with Crippen LogP contribution in [0.25, 0.3) is 0 Å². The Balaban J connectivity index is 2.83. The first-order chi connectivity index (χ1) is 5.23. The molecule has 0 bridgehead atoms. The highest BCUT2D eigenvalue weighted by Crippen LogP contribution is 2.26. The minimum absolute atomic E-state index is 0.354. The fraction of sp³-hybridized carbons (Fsp3) is 0.556. The van der Waals surface area contributed by atoms with E-state index in [1.807, 2.05) is 19.1 Å². The van der Waals surface area contributed by atoms with Crippen LogP contribution in [0.4, 0.5) is 0 Å². The highest BCUT2D eigenvalue weighted by molar-refractivity contribution is 5.24. The molecule has 1 atom stereocenters. The Morgan fingerprint density at radius 3 is 2.64 bits per heavy atom. The van der Waals surface area contributed by atoms with Crippen molar-refractivity contribution in [2.45, 2.75) is 18.9 Å². The molecule has 1 aliphatic carbocycles. The van der Waals surface area contributed by atoms with E-state index in [4.69, 9.17) is 9.47 Å². The summed E-state index contributed by atoms with van der Waals surface area (Å²) in [7, 11) is 3.35. The molecule has 0 fully saturated rings. The Labute approximate surface area is 67.5 Å². The monoisotopic (exact) mass is 154 g/mol. The van der Waals surface area contributed by atoms with Crippen molar-refractivity contribution in [3.8, 4) is 0 Å². The van der Waals surface area contributed by atoms with Crippen LogP contribution in [0.2, 0.25) is 0 Å². The lowest BCUT2D eigenvalue weighted by Crippen LogP contribution is -2.29. The van der Waals surface area contributed by atoms with E-state index in [2.05, 4.69) is 6.08 Å². The SMILES string of the molecule is COC1=CCC=CC1(C)OC. The van der Waals surface area contributed by atoms with Crippen molar-refractivity contribution in [3.63, 3.8) is 0 Å². The van der Waals surface area contributed by atoms with Crippen molar-refractivity contribution in [2.75, 3.05) is 14.2 Å². The maximum atomic E-state index is 5.30. The van der Waals surface area contributed by atoms with E-state index in [1.165, 1.54) is 0 Å². The number of methoxy groups -OCH3 is 2. The zero-order valence-electron chi connectivity index (χ0n) is 7.26. The van der Waals surface area contributed by atoms with E-state index >= 15 is 0 Å². The maximum Gasteiger partial charge on any atom is 0.139 e. The Hall–Kier alpha value is -0.760. The van der Waals surface area contributed by atoms with Crippen LogP contribution in [0.15, 0.2) is 24.0 Å². The minimum atomic E-state index is -0.354. The normalized spacial score (nSPS) is 29.9. The molecule has 2 nitrogen and oxygen atoms in total. The fourth-order valence-electron chi connectivity index (χ4n) is 1.21. The van der Waals surface area contributed by atoms with Gasteiger partial charge in [-0.2, -0.15) is 0 Å². The van der Waals surface area contributed by atoms with E-state index in [0.29, 0.717) is 0 Å². The van der Waals surface area contributed by atoms with E-state index < -0.39 is 0 Å². The van der Waals surface area contributed by atoms with Crippen molar-refractivity contribution in [1.82, 2.24) is 0 Å². The van der Waals surface area contributed by atoms with E-state index in [9.17, 15) is 0 Å². The van der Waals surface area contributed by atoms with Gasteiger partial charge >= 0.3 is 0 Å². The topological polar surface area (TPSA) is 18.5 Å². The van der Waals surface area contributed by atoms with Crippen LogP contribution in [0.1, 0.15) is 13.3 Å². The Morgan fingerprint density at radius 1 is 1.45 bits per heavy atom. The molecule has 0 aromatic carbocycles. The van der Waals surface area contributed by atoms with Gasteiger partial charge in [0.05, 0.1) is 7.11 Å². The molecule has 0 aromatic rings. The van der Waals surface area contributed by atoms with Crippen LogP contribution >= 0.6 is 0 Å². The number of hydrogen-bond acceptors (Lipinski definition) is 2. The van der Waals surface area contributed by atoms with Crippen molar-refractivity contribution in [2.24, 2.45) is 0 Å². The third-order valence-electron chi connectivity index (χ3n) is 2.01. The van der Waals surface area contributed by atoms with Gasteiger partial charge in [0.25, 0.3) is 0 Å². The summed E-state index contributed by atoms with van der Waals surface area (Å²) in [6, 6.07) is 0. The largest absolute Gasteiger partial charge is 0.498 e. The second kappa shape index (κ2) is 3.09. The average molecular weight is 154 g/mol. The molecule has 1 rings (SSSR count). The first-order valence-corrected chi connectivity index (χ1v) is 3.70. The second-order valence-corrected chi connectivity index (χ2v) is 2.72. The van der Waals surface area contributed by atoms with Crippen LogP contribution in [-0.2, 0) is 9.47 Å². The summed E-state index contributed by atoms with van der Waals surface area (Å²) in [5.74, 6) is 0.891. The van der Waals surface area contributed by atoms with Crippen LogP contribution in [-0.4, -0.2) is 19.8 Å². The molecule has 11 heavy (non-hydrogen) atoms. The number of allylic oxidation sites excluding steroid dienone is 2. The molecule has 0 heterocycles. The second-order valence-electron chi connectivity index (χ2n) is 2.72. The summed E-state index contributed by atoms with van der Waals surface area (Å²) in [6.07, 6.45) is 7.06. The maximum absolute atomic E-state index is 5.30. The van der Waals surface area contributed by atoms with Gasteiger partial charge in [0.1, 0.15) is 11.4 Å². The van der Waals surface area contributed by atoms with Crippen LogP contribution in [0, 0.1) is 0 Å². The van der Waals surface area contributed by atoms with Gasteiger partial charge in [-0.3, -0.25) is 0 Å². The predicted octanol–water partition coefficient (Wildman–Crippen LogP) is 1.88. The lowest BCUT2D eigenvalue weighted by Gasteiger charge is -2.28. The molecule has 2 heteroatoms. The van der Waals surface area contributed by atoms with Gasteiger partial charge in [0, 0.05) is 7.11 Å². The summed E-state index contributed by atoms with van der Waals surface area (Å²) in [5.41, 5.74) is -0.354. The molecule has 0 spiro atoms. The highest BCUT2D eigenvalue weighted by atomic mass is 16.5. The quantitative estimate of drug-likeness (QED) is 0.565. The van der Waals surface area contributed by atoms with Crippen LogP contribution in [0.5, 0.6) is 0 Å². The van der Waals surface area contributed by atoms with Gasteiger partial charge in [0.2, 0.25) is 0 Å². The molecule has 0 amide bonds. The zero-order chi connectivity index (χ0) is 8.32. The molecule has 1 unspecified atom stereocenters. The highest BCUT2D eigenvalue weighted by Gasteiger charge is 2.27. The molecule has 0 saturated carbocycles. The van der Waals surface area contributed by atoms with Crippen LogP contribution < -0.4 is 0 Å². The minimum Gasteiger partial charge on any atom is -0.498 e. The number of rotatable bonds is 2. The van der Waals surface area contributed by atoms with Crippen molar-refractivity contribution >= 4 is 0 Å².